The molecule has 0 N–H and O–H groups in total. The number of nitrogens with zero attached hydrogens (tertiary/aromatic N) is 2. The molecule has 0 radical (unpaired) electrons. The van der Waals surface area contributed by atoms with Crippen LogP contribution in [0.4, 0.5) is 24.5 Å². The molecule has 2 aromatic carbocycles. The van der Waals surface area contributed by atoms with Crippen LogP contribution in [0.25, 0.3) is 0 Å². The van der Waals surface area contributed by atoms with Crippen LogP contribution in [0.2, 0.25) is 0 Å². The van der Waals surface area contributed by atoms with Crippen LogP contribution in [0.3, 0.4) is 0 Å². The number of halogens is 3. The van der Waals surface area contributed by atoms with Gasteiger partial charge in [0.2, 0.25) is 5.91 Å². The summed E-state index contributed by atoms with van der Waals surface area (Å²) in [5, 5.41) is -0.598. The van der Waals surface area contributed by atoms with Crippen LogP contribution >= 0.6 is 0 Å². The van der Waals surface area contributed by atoms with Crippen LogP contribution < -0.4 is 9.80 Å². The molecule has 2 aliphatic rings. The smallest absolute Gasteiger partial charge is 0.230 e. The summed E-state index contributed by atoms with van der Waals surface area (Å²) in [5.41, 5.74) is -0.00912. The lowest BCUT2D eigenvalue weighted by atomic mass is 9.90. The van der Waals surface area contributed by atoms with E-state index in [-0.39, 0.29) is 43.0 Å². The highest BCUT2D eigenvalue weighted by molar-refractivity contribution is 7.91. The van der Waals surface area contributed by atoms with E-state index in [1.807, 2.05) is 0 Å². The van der Waals surface area contributed by atoms with Crippen LogP contribution in [0, 0.1) is 23.4 Å². The molecule has 6 nitrogen and oxygen atoms in total. The number of ketones is 1. The fraction of sp³-hybridized carbons (Fsp3) is 0.440. The maximum absolute atomic E-state index is 15.1. The number of carbonyl (C=O) groups is 2. The van der Waals surface area contributed by atoms with Gasteiger partial charge in [0.15, 0.2) is 21.5 Å². The number of hydrogen-bond acceptors (Lipinski definition) is 5. The summed E-state index contributed by atoms with van der Waals surface area (Å²) in [6, 6.07) is 8.14. The van der Waals surface area contributed by atoms with Crippen molar-refractivity contribution in [2.75, 3.05) is 35.7 Å². The number of anilines is 2. The van der Waals surface area contributed by atoms with E-state index in [0.29, 0.717) is 25.8 Å². The Labute approximate surface area is 202 Å². The number of benzene rings is 2. The Bertz CT molecular complexity index is 1230. The molecule has 0 saturated carbocycles. The van der Waals surface area contributed by atoms with Crippen molar-refractivity contribution in [1.82, 2.24) is 0 Å². The van der Waals surface area contributed by atoms with Gasteiger partial charge in [0.05, 0.1) is 5.25 Å². The van der Waals surface area contributed by atoms with Crippen molar-refractivity contribution in [2.24, 2.45) is 5.92 Å². The molecule has 4 rings (SSSR count). The van der Waals surface area contributed by atoms with Gasteiger partial charge in [-0.25, -0.2) is 21.6 Å². The highest BCUT2D eigenvalue weighted by Gasteiger charge is 2.35. The minimum absolute atomic E-state index is 0.115. The van der Waals surface area contributed by atoms with Crippen molar-refractivity contribution in [1.29, 1.82) is 0 Å². The molecule has 1 unspecified atom stereocenters. The normalized spacial score (nSPS) is 21.0. The first kappa shape index (κ1) is 25.2. The number of hydrogen-bond donors (Lipinski definition) is 0. The Morgan fingerprint density at radius 2 is 1.71 bits per heavy atom. The Balaban J connectivity index is 1.48. The maximum Gasteiger partial charge on any atom is 0.230 e. The van der Waals surface area contributed by atoms with Crippen molar-refractivity contribution in [2.45, 2.75) is 37.4 Å². The summed E-state index contributed by atoms with van der Waals surface area (Å²) >= 11 is 0. The first-order valence-corrected chi connectivity index (χ1v) is 13.5. The third-order valence-electron chi connectivity index (χ3n) is 6.76. The van der Waals surface area contributed by atoms with Crippen LogP contribution in [-0.2, 0) is 25.8 Å². The van der Waals surface area contributed by atoms with Crippen LogP contribution in [0.15, 0.2) is 36.4 Å². The number of rotatable bonds is 7. The molecule has 2 heterocycles. The Hall–Kier alpha value is -2.88. The fourth-order valence-electron chi connectivity index (χ4n) is 4.87. The van der Waals surface area contributed by atoms with E-state index in [0.717, 1.165) is 23.3 Å². The van der Waals surface area contributed by atoms with E-state index < -0.39 is 50.1 Å². The number of Topliss-reactive ketones (excluding diaryl/α,β-unsaturated/α-hetero) is 1. The van der Waals surface area contributed by atoms with Gasteiger partial charge >= 0.3 is 0 Å². The molecule has 2 aromatic rings. The van der Waals surface area contributed by atoms with Crippen LogP contribution in [0.5, 0.6) is 0 Å². The zero-order valence-corrected chi connectivity index (χ0v) is 20.2. The molecule has 10 heteroatoms. The predicted molar refractivity (Wildman–Crippen MR) is 127 cm³/mol. The van der Waals surface area contributed by atoms with Gasteiger partial charge in [0.25, 0.3) is 0 Å². The van der Waals surface area contributed by atoms with Gasteiger partial charge < -0.3 is 9.80 Å². The van der Waals surface area contributed by atoms with Crippen molar-refractivity contribution in [3.63, 3.8) is 0 Å². The number of piperidine rings is 1. The fourth-order valence-corrected chi connectivity index (χ4v) is 5.85. The van der Waals surface area contributed by atoms with Gasteiger partial charge in [-0.05, 0) is 43.0 Å². The van der Waals surface area contributed by atoms with Crippen molar-refractivity contribution < 1.29 is 31.2 Å². The largest absolute Gasteiger partial charge is 0.370 e. The van der Waals surface area contributed by atoms with Crippen molar-refractivity contribution in [3.8, 4) is 0 Å². The number of amides is 1. The van der Waals surface area contributed by atoms with Crippen LogP contribution in [0.1, 0.15) is 31.2 Å². The summed E-state index contributed by atoms with van der Waals surface area (Å²) < 4.78 is 67.6. The summed E-state index contributed by atoms with van der Waals surface area (Å²) in [4.78, 5) is 28.2. The summed E-state index contributed by atoms with van der Waals surface area (Å²) in [6.45, 7) is 0.612. The lowest BCUT2D eigenvalue weighted by Gasteiger charge is -2.33. The predicted octanol–water partition coefficient (Wildman–Crippen LogP) is 3.67. The molecule has 0 bridgehead atoms. The van der Waals surface area contributed by atoms with Gasteiger partial charge in [-0.1, -0.05) is 18.2 Å². The average molecular weight is 509 g/mol. The Morgan fingerprint density at radius 3 is 2.34 bits per heavy atom. The standard InChI is InChI=1S/C25H27F3N2O4S/c1-35(33,34)20-8-10-29(15-20)18-13-22(27)24(23(28)14-18)30-9-4-6-17(25(30)32)12-19(31)11-16-5-2-3-7-21(16)26/h2-3,5,7,13-14,17,20H,4,6,8-12,15H2,1H3/t17-,20?/m0/s1. The van der Waals surface area contributed by atoms with Crippen LogP contribution in [-0.4, -0.2) is 51.2 Å². The second kappa shape index (κ2) is 10.0. The highest BCUT2D eigenvalue weighted by atomic mass is 32.2. The quantitative estimate of drug-likeness (QED) is 0.571. The maximum atomic E-state index is 15.1. The molecular formula is C25H27F3N2O4S. The summed E-state index contributed by atoms with van der Waals surface area (Å²) in [7, 11) is -3.27. The molecule has 0 aromatic heterocycles. The van der Waals surface area contributed by atoms with Crippen molar-refractivity contribution >= 4 is 32.9 Å². The SMILES string of the molecule is CS(=O)(=O)C1CCN(c2cc(F)c(N3CCC[C@@H](CC(=O)Cc4ccccc4F)C3=O)c(F)c2)C1. The molecule has 35 heavy (non-hydrogen) atoms. The minimum Gasteiger partial charge on any atom is -0.370 e. The van der Waals surface area contributed by atoms with E-state index in [2.05, 4.69) is 0 Å². The molecule has 0 spiro atoms. The van der Waals surface area contributed by atoms with E-state index in [4.69, 9.17) is 0 Å². The zero-order chi connectivity index (χ0) is 25.3. The molecule has 1 amide bonds. The lowest BCUT2D eigenvalue weighted by Crippen LogP contribution is -2.43. The Morgan fingerprint density at radius 1 is 1.03 bits per heavy atom. The molecule has 2 saturated heterocycles. The van der Waals surface area contributed by atoms with E-state index >= 15 is 8.78 Å². The summed E-state index contributed by atoms with van der Waals surface area (Å²) in [5.74, 6) is -3.94. The molecule has 2 fully saturated rings. The Kier molecular flexibility index (Phi) is 7.21. The van der Waals surface area contributed by atoms with Crippen molar-refractivity contribution in [3.05, 3.63) is 59.4 Å². The average Bonchev–Trinajstić information content (AvgIpc) is 3.28. The van der Waals surface area contributed by atoms with Gasteiger partial charge in [-0.3, -0.25) is 9.59 Å². The minimum atomic E-state index is -3.27. The zero-order valence-electron chi connectivity index (χ0n) is 19.3. The van der Waals surface area contributed by atoms with Gasteiger partial charge in [0.1, 0.15) is 17.3 Å². The molecule has 0 aliphatic carbocycles. The first-order chi connectivity index (χ1) is 16.5. The monoisotopic (exact) mass is 508 g/mol. The number of carbonyl (C=O) groups excluding carboxylic acids is 2. The first-order valence-electron chi connectivity index (χ1n) is 11.5. The molecular weight excluding hydrogens is 481 g/mol. The lowest BCUT2D eigenvalue weighted by molar-refractivity contribution is -0.128. The molecule has 188 valence electrons. The molecule has 2 aliphatic heterocycles. The molecule has 2 atom stereocenters. The second-order valence-corrected chi connectivity index (χ2v) is 11.6. The third-order valence-corrected chi connectivity index (χ3v) is 8.35. The summed E-state index contributed by atoms with van der Waals surface area (Å²) in [6.07, 6.45) is 2.10. The van der Waals surface area contributed by atoms with Gasteiger partial charge in [0, 0.05) is 50.3 Å². The van der Waals surface area contributed by atoms with E-state index in [1.165, 1.54) is 18.2 Å². The van der Waals surface area contributed by atoms with E-state index in [9.17, 15) is 22.4 Å². The second-order valence-electron chi connectivity index (χ2n) is 9.28. The third kappa shape index (κ3) is 5.52. The topological polar surface area (TPSA) is 74.8 Å². The highest BCUT2D eigenvalue weighted by Crippen LogP contribution is 2.34. The van der Waals surface area contributed by atoms with Gasteiger partial charge in [-0.15, -0.1) is 0 Å². The number of sulfone groups is 1. The van der Waals surface area contributed by atoms with Gasteiger partial charge in [-0.2, -0.15) is 0 Å². The van der Waals surface area contributed by atoms with E-state index in [1.54, 1.807) is 11.0 Å².